The Morgan fingerprint density at radius 3 is 2.56 bits per heavy atom. The van der Waals surface area contributed by atoms with Gasteiger partial charge in [-0.15, -0.1) is 0 Å². The van der Waals surface area contributed by atoms with Crippen molar-refractivity contribution in [2.45, 2.75) is 12.3 Å². The maximum Gasteiger partial charge on any atom is 0.226 e. The fraction of sp³-hybridized carbons (Fsp3) is 0.158. The van der Waals surface area contributed by atoms with Crippen LogP contribution in [0.4, 0.5) is 5.82 Å². The Morgan fingerprint density at radius 1 is 1.16 bits per heavy atom. The highest BCUT2D eigenvalue weighted by molar-refractivity contribution is 6.30. The molecule has 1 aromatic heterocycles. The Balaban J connectivity index is 1.76. The highest BCUT2D eigenvalue weighted by Crippen LogP contribution is 2.37. The van der Waals surface area contributed by atoms with Crippen LogP contribution < -0.4 is 10.1 Å². The fourth-order valence-electron chi connectivity index (χ4n) is 3.12. The van der Waals surface area contributed by atoms with Gasteiger partial charge in [-0.05, 0) is 42.0 Å². The number of anilines is 1. The minimum atomic E-state index is -0.0829. The van der Waals surface area contributed by atoms with Crippen LogP contribution in [0.25, 0.3) is 5.69 Å². The Hall–Kier alpha value is -2.79. The average Bonchev–Trinajstić information content (AvgIpc) is 3.05. The van der Waals surface area contributed by atoms with E-state index < -0.39 is 0 Å². The number of fused-ring (bicyclic) bond motifs is 1. The molecule has 1 aliphatic heterocycles. The Labute approximate surface area is 150 Å². The molecule has 1 amide bonds. The molecule has 0 spiro atoms. The number of nitrogens with one attached hydrogen (secondary N) is 1. The van der Waals surface area contributed by atoms with Crippen LogP contribution >= 0.6 is 11.6 Å². The summed E-state index contributed by atoms with van der Waals surface area (Å²) in [4.78, 5) is 16.8. The minimum Gasteiger partial charge on any atom is -0.497 e. The molecule has 0 saturated heterocycles. The van der Waals surface area contributed by atoms with Crippen molar-refractivity contribution in [3.05, 3.63) is 71.1 Å². The minimum absolute atomic E-state index is 0.0253. The summed E-state index contributed by atoms with van der Waals surface area (Å²) in [5.41, 5.74) is 2.80. The number of carbonyl (C=O) groups is 1. The predicted octanol–water partition coefficient (Wildman–Crippen LogP) is 4.01. The normalized spacial score (nSPS) is 16.2. The highest BCUT2D eigenvalue weighted by atomic mass is 35.5. The van der Waals surface area contributed by atoms with Crippen molar-refractivity contribution in [1.82, 2.24) is 9.55 Å². The van der Waals surface area contributed by atoms with Crippen molar-refractivity contribution < 1.29 is 9.53 Å². The number of rotatable bonds is 3. The van der Waals surface area contributed by atoms with Crippen molar-refractivity contribution in [1.29, 1.82) is 0 Å². The summed E-state index contributed by atoms with van der Waals surface area (Å²) in [6.45, 7) is 0. The number of benzene rings is 2. The molecule has 0 aliphatic carbocycles. The van der Waals surface area contributed by atoms with Crippen LogP contribution in [-0.4, -0.2) is 22.6 Å². The summed E-state index contributed by atoms with van der Waals surface area (Å²) in [5, 5.41) is 3.62. The molecule has 0 radical (unpaired) electrons. The molecule has 25 heavy (non-hydrogen) atoms. The summed E-state index contributed by atoms with van der Waals surface area (Å²) in [6.07, 6.45) is 2.11. The second-order valence-corrected chi connectivity index (χ2v) is 6.34. The predicted molar refractivity (Wildman–Crippen MR) is 96.7 cm³/mol. The lowest BCUT2D eigenvalue weighted by molar-refractivity contribution is -0.116. The molecule has 5 nitrogen and oxygen atoms in total. The fourth-order valence-corrected chi connectivity index (χ4v) is 3.24. The third-order valence-electron chi connectivity index (χ3n) is 4.40. The zero-order valence-electron chi connectivity index (χ0n) is 13.6. The van der Waals surface area contributed by atoms with E-state index in [9.17, 15) is 4.79 Å². The van der Waals surface area contributed by atoms with Crippen LogP contribution in [0.5, 0.6) is 5.75 Å². The van der Waals surface area contributed by atoms with Gasteiger partial charge in [-0.3, -0.25) is 9.36 Å². The van der Waals surface area contributed by atoms with Gasteiger partial charge in [-0.25, -0.2) is 4.98 Å². The van der Waals surface area contributed by atoms with Crippen LogP contribution in [0.1, 0.15) is 23.6 Å². The first-order valence-corrected chi connectivity index (χ1v) is 8.30. The number of carbonyl (C=O) groups excluding carboxylic acids is 1. The zero-order chi connectivity index (χ0) is 17.4. The number of halogens is 1. The molecule has 126 valence electrons. The second kappa shape index (κ2) is 6.26. The molecule has 1 N–H and O–H groups in total. The van der Waals surface area contributed by atoms with Crippen molar-refractivity contribution >= 4 is 23.3 Å². The lowest BCUT2D eigenvalue weighted by Gasteiger charge is -2.23. The van der Waals surface area contributed by atoms with Crippen molar-refractivity contribution in [3.8, 4) is 11.4 Å². The number of amides is 1. The number of methoxy groups -OCH3 is 1. The van der Waals surface area contributed by atoms with E-state index in [0.717, 1.165) is 22.7 Å². The standard InChI is InChI=1S/C19H16ClN3O2/c1-25-15-8-6-14(7-9-15)23-11-21-18-16(10-17(24)22-19(18)23)12-2-4-13(20)5-3-12/h2-9,11,16H,10H2,1H3,(H,22,24). The third-order valence-corrected chi connectivity index (χ3v) is 4.65. The Bertz CT molecular complexity index is 917. The van der Waals surface area contributed by atoms with Gasteiger partial charge < -0.3 is 10.1 Å². The first kappa shape index (κ1) is 15.7. The summed E-state index contributed by atoms with van der Waals surface area (Å²) < 4.78 is 7.08. The van der Waals surface area contributed by atoms with E-state index in [4.69, 9.17) is 16.3 Å². The molecule has 0 saturated carbocycles. The van der Waals surface area contributed by atoms with Gasteiger partial charge in [0.1, 0.15) is 17.9 Å². The number of hydrogen-bond acceptors (Lipinski definition) is 3. The number of hydrogen-bond donors (Lipinski definition) is 1. The summed E-state index contributed by atoms with van der Waals surface area (Å²) in [7, 11) is 1.63. The summed E-state index contributed by atoms with van der Waals surface area (Å²) >= 11 is 5.98. The van der Waals surface area contributed by atoms with Crippen LogP contribution in [0.3, 0.4) is 0 Å². The third kappa shape index (κ3) is 2.87. The summed E-state index contributed by atoms with van der Waals surface area (Å²) in [6, 6.07) is 15.2. The number of nitrogens with zero attached hydrogens (tertiary/aromatic N) is 2. The molecule has 2 heterocycles. The molecule has 3 aromatic rings. The molecular formula is C19H16ClN3O2. The first-order valence-electron chi connectivity index (χ1n) is 7.92. The topological polar surface area (TPSA) is 56.1 Å². The van der Waals surface area contributed by atoms with Gasteiger partial charge >= 0.3 is 0 Å². The quantitative estimate of drug-likeness (QED) is 0.774. The van der Waals surface area contributed by atoms with Crippen LogP contribution in [0, 0.1) is 0 Å². The largest absolute Gasteiger partial charge is 0.497 e. The molecule has 0 bridgehead atoms. The van der Waals surface area contributed by atoms with E-state index in [1.54, 1.807) is 13.4 Å². The van der Waals surface area contributed by atoms with Gasteiger partial charge in [0, 0.05) is 23.0 Å². The molecular weight excluding hydrogens is 338 g/mol. The smallest absolute Gasteiger partial charge is 0.226 e. The van der Waals surface area contributed by atoms with Crippen LogP contribution in [0.2, 0.25) is 5.02 Å². The Morgan fingerprint density at radius 2 is 1.88 bits per heavy atom. The van der Waals surface area contributed by atoms with E-state index in [1.165, 1.54) is 0 Å². The van der Waals surface area contributed by atoms with Gasteiger partial charge in [0.25, 0.3) is 0 Å². The van der Waals surface area contributed by atoms with E-state index in [-0.39, 0.29) is 11.8 Å². The van der Waals surface area contributed by atoms with Gasteiger partial charge in [0.15, 0.2) is 0 Å². The SMILES string of the molecule is COc1ccc(-n2cnc3c2NC(=O)CC3c2ccc(Cl)cc2)cc1. The molecule has 2 aromatic carbocycles. The molecule has 4 rings (SSSR count). The molecule has 1 aliphatic rings. The van der Waals surface area contributed by atoms with Crippen molar-refractivity contribution in [2.75, 3.05) is 12.4 Å². The van der Waals surface area contributed by atoms with E-state index in [2.05, 4.69) is 10.3 Å². The van der Waals surface area contributed by atoms with E-state index >= 15 is 0 Å². The average molecular weight is 354 g/mol. The maximum absolute atomic E-state index is 12.3. The number of imidazole rings is 1. The lowest BCUT2D eigenvalue weighted by atomic mass is 9.90. The molecule has 0 fully saturated rings. The van der Waals surface area contributed by atoms with Gasteiger partial charge in [-0.1, -0.05) is 23.7 Å². The van der Waals surface area contributed by atoms with Crippen molar-refractivity contribution in [3.63, 3.8) is 0 Å². The maximum atomic E-state index is 12.3. The van der Waals surface area contributed by atoms with Gasteiger partial charge in [0.05, 0.1) is 12.8 Å². The monoisotopic (exact) mass is 353 g/mol. The molecule has 6 heteroatoms. The van der Waals surface area contributed by atoms with E-state index in [1.807, 2.05) is 53.1 Å². The van der Waals surface area contributed by atoms with Gasteiger partial charge in [-0.2, -0.15) is 0 Å². The Kier molecular flexibility index (Phi) is 3.93. The zero-order valence-corrected chi connectivity index (χ0v) is 14.3. The number of aromatic nitrogens is 2. The van der Waals surface area contributed by atoms with Gasteiger partial charge in [0.2, 0.25) is 5.91 Å². The summed E-state index contributed by atoms with van der Waals surface area (Å²) in [5.74, 6) is 1.38. The molecule has 1 atom stereocenters. The second-order valence-electron chi connectivity index (χ2n) is 5.90. The van der Waals surface area contributed by atoms with Crippen LogP contribution in [0.15, 0.2) is 54.9 Å². The van der Waals surface area contributed by atoms with Crippen molar-refractivity contribution in [2.24, 2.45) is 0 Å². The lowest BCUT2D eigenvalue weighted by Crippen LogP contribution is -2.24. The number of ether oxygens (including phenoxy) is 1. The van der Waals surface area contributed by atoms with E-state index in [0.29, 0.717) is 17.3 Å². The first-order chi connectivity index (χ1) is 12.2. The molecule has 1 unspecified atom stereocenters. The van der Waals surface area contributed by atoms with Crippen LogP contribution in [-0.2, 0) is 4.79 Å². The highest BCUT2D eigenvalue weighted by Gasteiger charge is 2.30.